The van der Waals surface area contributed by atoms with Crippen LogP contribution in [0.25, 0.3) is 0 Å². The van der Waals surface area contributed by atoms with E-state index >= 15 is 0 Å². The molecule has 2 heterocycles. The highest BCUT2D eigenvalue weighted by molar-refractivity contribution is 7.99. The number of nitrogens with zero attached hydrogens (tertiary/aromatic N) is 4. The molecule has 1 aromatic heterocycles. The van der Waals surface area contributed by atoms with Crippen LogP contribution < -0.4 is 5.73 Å². The first-order valence-corrected chi connectivity index (χ1v) is 5.18. The maximum absolute atomic E-state index is 5.80. The van der Waals surface area contributed by atoms with Crippen LogP contribution in [-0.4, -0.2) is 20.7 Å². The minimum atomic E-state index is 0.347. The van der Waals surface area contributed by atoms with Crippen LogP contribution in [0, 0.1) is 0 Å². The first-order valence-electron chi connectivity index (χ1n) is 4.36. The molecule has 3 rings (SSSR count). The summed E-state index contributed by atoms with van der Waals surface area (Å²) in [7, 11) is 0. The molecule has 1 aliphatic heterocycles. The Kier molecular flexibility index (Phi) is 1.75. The van der Waals surface area contributed by atoms with Gasteiger partial charge in [0.25, 0.3) is 0 Å². The maximum Gasteiger partial charge on any atom is 0.224 e. The zero-order chi connectivity index (χ0) is 10.3. The van der Waals surface area contributed by atoms with E-state index < -0.39 is 0 Å². The molecule has 2 aromatic rings. The zero-order valence-corrected chi connectivity index (χ0v) is 8.48. The summed E-state index contributed by atoms with van der Waals surface area (Å²) in [6.45, 7) is 0. The maximum atomic E-state index is 5.80. The van der Waals surface area contributed by atoms with Gasteiger partial charge >= 0.3 is 0 Å². The van der Waals surface area contributed by atoms with Gasteiger partial charge in [-0.2, -0.15) is 9.78 Å². The van der Waals surface area contributed by atoms with Gasteiger partial charge in [0.15, 0.2) is 5.16 Å². The topological polar surface area (TPSA) is 69.1 Å². The molecule has 0 atom stereocenters. The Labute approximate surface area is 90.0 Å². The van der Waals surface area contributed by atoms with Crippen molar-refractivity contribution in [3.8, 4) is 0 Å². The fourth-order valence-electron chi connectivity index (χ4n) is 1.36. The number of aromatic nitrogens is 3. The summed E-state index contributed by atoms with van der Waals surface area (Å²) >= 11 is 1.51. The van der Waals surface area contributed by atoms with Crippen molar-refractivity contribution in [1.82, 2.24) is 14.8 Å². The quantitative estimate of drug-likeness (QED) is 0.720. The molecule has 0 radical (unpaired) electrons. The molecular weight excluding hydrogens is 210 g/mol. The lowest BCUT2D eigenvalue weighted by Gasteiger charge is -1.98. The van der Waals surface area contributed by atoms with E-state index in [2.05, 4.69) is 15.1 Å². The second-order valence-electron chi connectivity index (χ2n) is 2.99. The van der Waals surface area contributed by atoms with E-state index in [-0.39, 0.29) is 0 Å². The van der Waals surface area contributed by atoms with E-state index in [0.717, 1.165) is 15.7 Å². The van der Waals surface area contributed by atoms with E-state index in [9.17, 15) is 0 Å². The summed E-state index contributed by atoms with van der Waals surface area (Å²) in [5.41, 5.74) is 6.66. The molecule has 0 bridgehead atoms. The highest BCUT2D eigenvalue weighted by atomic mass is 32.2. The number of rotatable bonds is 0. The van der Waals surface area contributed by atoms with Gasteiger partial charge in [-0.3, -0.25) is 0 Å². The minimum absolute atomic E-state index is 0.347. The smallest absolute Gasteiger partial charge is 0.224 e. The van der Waals surface area contributed by atoms with Crippen molar-refractivity contribution >= 4 is 23.4 Å². The highest BCUT2D eigenvalue weighted by Crippen LogP contribution is 2.35. The van der Waals surface area contributed by atoms with Gasteiger partial charge in [-0.15, -0.1) is 0 Å². The third-order valence-corrected chi connectivity index (χ3v) is 3.06. The van der Waals surface area contributed by atoms with Crippen molar-refractivity contribution in [2.45, 2.75) is 10.1 Å². The van der Waals surface area contributed by atoms with Crippen molar-refractivity contribution in [2.75, 3.05) is 0 Å². The first-order chi connectivity index (χ1) is 7.34. The van der Waals surface area contributed by atoms with Crippen LogP contribution in [-0.2, 0) is 0 Å². The van der Waals surface area contributed by atoms with Gasteiger partial charge in [0, 0.05) is 4.90 Å². The van der Waals surface area contributed by atoms with Crippen molar-refractivity contribution in [3.05, 3.63) is 30.6 Å². The number of benzene rings is 1. The van der Waals surface area contributed by atoms with Gasteiger partial charge in [0.05, 0.1) is 5.69 Å². The number of hydrogen-bond donors (Lipinski definition) is 1. The standard InChI is InChI=1S/C9H7N5S/c10-8-13-6-3-1-2-4-7(6)15-9-11-5-12-14(8)9/h1-5H,(H2,10,13). The zero-order valence-electron chi connectivity index (χ0n) is 7.66. The Morgan fingerprint density at radius 3 is 3.07 bits per heavy atom. The number of aliphatic imine (C=N–C) groups is 1. The summed E-state index contributed by atoms with van der Waals surface area (Å²) in [6.07, 6.45) is 1.47. The minimum Gasteiger partial charge on any atom is -0.368 e. The van der Waals surface area contributed by atoms with Gasteiger partial charge in [0.2, 0.25) is 5.96 Å². The molecule has 74 valence electrons. The fourth-order valence-corrected chi connectivity index (χ4v) is 2.25. The molecule has 5 nitrogen and oxygen atoms in total. The Morgan fingerprint density at radius 2 is 2.13 bits per heavy atom. The van der Waals surface area contributed by atoms with Crippen LogP contribution >= 0.6 is 11.8 Å². The Hall–Kier alpha value is -1.82. The molecule has 0 spiro atoms. The normalized spacial score (nSPS) is 13.7. The summed E-state index contributed by atoms with van der Waals surface area (Å²) in [5.74, 6) is 0.347. The van der Waals surface area contributed by atoms with Crippen LogP contribution in [0.15, 0.2) is 45.6 Å². The fraction of sp³-hybridized carbons (Fsp3) is 0. The SMILES string of the molecule is NC1=Nc2ccccc2Sc2ncnn21. The molecule has 0 saturated carbocycles. The lowest BCUT2D eigenvalue weighted by Crippen LogP contribution is -2.23. The van der Waals surface area contributed by atoms with Crippen LogP contribution in [0.5, 0.6) is 0 Å². The highest BCUT2D eigenvalue weighted by Gasteiger charge is 2.15. The number of fused-ring (bicyclic) bond motifs is 2. The number of para-hydroxylation sites is 1. The van der Waals surface area contributed by atoms with E-state index in [4.69, 9.17) is 5.73 Å². The number of nitrogens with two attached hydrogens (primary N) is 1. The molecule has 0 saturated heterocycles. The molecule has 0 amide bonds. The predicted octanol–water partition coefficient (Wildman–Crippen LogP) is 1.24. The van der Waals surface area contributed by atoms with Gasteiger partial charge in [-0.1, -0.05) is 12.1 Å². The van der Waals surface area contributed by atoms with Crippen molar-refractivity contribution in [2.24, 2.45) is 10.7 Å². The largest absolute Gasteiger partial charge is 0.368 e. The summed E-state index contributed by atoms with van der Waals surface area (Å²) in [6, 6.07) is 7.80. The van der Waals surface area contributed by atoms with Gasteiger partial charge in [0.1, 0.15) is 6.33 Å². The average Bonchev–Trinajstić information content (AvgIpc) is 2.64. The summed E-state index contributed by atoms with van der Waals surface area (Å²) in [5, 5.41) is 4.75. The number of hydrogen-bond acceptors (Lipinski definition) is 5. The molecule has 0 unspecified atom stereocenters. The second-order valence-corrected chi connectivity index (χ2v) is 4.00. The third-order valence-electron chi connectivity index (χ3n) is 2.03. The lowest BCUT2D eigenvalue weighted by molar-refractivity contribution is 0.826. The van der Waals surface area contributed by atoms with Gasteiger partial charge in [-0.05, 0) is 23.9 Å². The molecule has 15 heavy (non-hydrogen) atoms. The molecule has 6 heteroatoms. The molecule has 1 aromatic carbocycles. The van der Waals surface area contributed by atoms with Crippen LogP contribution in [0.3, 0.4) is 0 Å². The van der Waals surface area contributed by atoms with Crippen molar-refractivity contribution < 1.29 is 0 Å². The van der Waals surface area contributed by atoms with Gasteiger partial charge < -0.3 is 5.73 Å². The van der Waals surface area contributed by atoms with Gasteiger partial charge in [-0.25, -0.2) is 9.98 Å². The first kappa shape index (κ1) is 8.49. The predicted molar refractivity (Wildman–Crippen MR) is 57.3 cm³/mol. The van der Waals surface area contributed by atoms with Crippen LogP contribution in [0.4, 0.5) is 5.69 Å². The Bertz CT molecular complexity index is 545. The lowest BCUT2D eigenvalue weighted by atomic mass is 10.3. The third kappa shape index (κ3) is 1.30. The molecule has 0 aliphatic carbocycles. The average molecular weight is 217 g/mol. The van der Waals surface area contributed by atoms with Crippen molar-refractivity contribution in [3.63, 3.8) is 0 Å². The summed E-state index contributed by atoms with van der Waals surface area (Å²) < 4.78 is 1.53. The van der Waals surface area contributed by atoms with E-state index in [1.54, 1.807) is 0 Å². The molecule has 0 fully saturated rings. The van der Waals surface area contributed by atoms with Crippen LogP contribution in [0.2, 0.25) is 0 Å². The van der Waals surface area contributed by atoms with E-state index in [0.29, 0.717) is 5.96 Å². The molecular formula is C9H7N5S. The molecule has 2 N–H and O–H groups in total. The van der Waals surface area contributed by atoms with Crippen molar-refractivity contribution in [1.29, 1.82) is 0 Å². The van der Waals surface area contributed by atoms with Crippen LogP contribution in [0.1, 0.15) is 0 Å². The second kappa shape index (κ2) is 3.09. The Balaban J connectivity index is 2.25. The van der Waals surface area contributed by atoms with E-state index in [1.165, 1.54) is 22.8 Å². The Morgan fingerprint density at radius 1 is 1.27 bits per heavy atom. The monoisotopic (exact) mass is 217 g/mol. The summed E-state index contributed by atoms with van der Waals surface area (Å²) in [4.78, 5) is 9.44. The van der Waals surface area contributed by atoms with E-state index in [1.807, 2.05) is 24.3 Å². The molecule has 1 aliphatic rings.